The molecule has 1 atom stereocenters. The maximum atomic E-state index is 12.2. The summed E-state index contributed by atoms with van der Waals surface area (Å²) in [6.45, 7) is 6.02. The highest BCUT2D eigenvalue weighted by atomic mass is 16.6. The van der Waals surface area contributed by atoms with Crippen LogP contribution in [-0.4, -0.2) is 62.6 Å². The number of hydrogen-bond acceptors (Lipinski definition) is 7. The number of methoxy groups -OCH3 is 1. The molecule has 2 heterocycles. The number of carbonyl (C=O) groups is 1. The summed E-state index contributed by atoms with van der Waals surface area (Å²) in [5.41, 5.74) is -0.385. The van der Waals surface area contributed by atoms with Gasteiger partial charge in [-0.2, -0.15) is 0 Å². The Morgan fingerprint density at radius 3 is 2.57 bits per heavy atom. The molecule has 8 nitrogen and oxygen atoms in total. The van der Waals surface area contributed by atoms with E-state index in [1.807, 2.05) is 20.8 Å². The van der Waals surface area contributed by atoms with E-state index in [9.17, 15) is 15.0 Å². The second-order valence-corrected chi connectivity index (χ2v) is 8.10. The fourth-order valence-electron chi connectivity index (χ4n) is 3.32. The Labute approximate surface area is 164 Å². The number of piperidine rings is 1. The van der Waals surface area contributed by atoms with Crippen LogP contribution < -0.4 is 4.74 Å². The minimum atomic E-state index is -1.38. The fourth-order valence-corrected chi connectivity index (χ4v) is 3.32. The van der Waals surface area contributed by atoms with Gasteiger partial charge in [-0.25, -0.2) is 14.8 Å². The number of ether oxygens (including phenoxy) is 2. The molecule has 28 heavy (non-hydrogen) atoms. The first-order chi connectivity index (χ1) is 13.1. The Morgan fingerprint density at radius 2 is 1.96 bits per heavy atom. The van der Waals surface area contributed by atoms with Gasteiger partial charge in [-0.3, -0.25) is 0 Å². The minimum absolute atomic E-state index is 0.223. The zero-order chi connectivity index (χ0) is 20.5. The van der Waals surface area contributed by atoms with Gasteiger partial charge in [0.15, 0.2) is 0 Å². The molecule has 2 N–H and O–H groups in total. The Morgan fingerprint density at radius 1 is 1.29 bits per heavy atom. The van der Waals surface area contributed by atoms with Crippen LogP contribution in [0.4, 0.5) is 4.79 Å². The minimum Gasteiger partial charge on any atom is -0.480 e. The summed E-state index contributed by atoms with van der Waals surface area (Å²) < 4.78 is 10.5. The molecule has 1 unspecified atom stereocenters. The van der Waals surface area contributed by atoms with Gasteiger partial charge in [0, 0.05) is 18.7 Å². The molecule has 1 saturated heterocycles. The van der Waals surface area contributed by atoms with Gasteiger partial charge in [0.2, 0.25) is 5.88 Å². The van der Waals surface area contributed by atoms with Crippen molar-refractivity contribution in [3.05, 3.63) is 30.0 Å². The van der Waals surface area contributed by atoms with E-state index < -0.39 is 23.4 Å². The van der Waals surface area contributed by atoms with Crippen LogP contribution in [0.5, 0.6) is 5.88 Å². The zero-order valence-electron chi connectivity index (χ0n) is 16.7. The molecule has 1 aliphatic rings. The summed E-state index contributed by atoms with van der Waals surface area (Å²) in [5, 5.41) is 22.1. The number of likely N-dealkylation sites (tertiary alicyclic amines) is 1. The lowest BCUT2D eigenvalue weighted by Gasteiger charge is -2.41. The summed E-state index contributed by atoms with van der Waals surface area (Å²) in [4.78, 5) is 22.5. The summed E-state index contributed by atoms with van der Waals surface area (Å²) in [6, 6.07) is 5.27. The second kappa shape index (κ2) is 7.52. The van der Waals surface area contributed by atoms with Gasteiger partial charge in [-0.15, -0.1) is 0 Å². The maximum absolute atomic E-state index is 12.2. The van der Waals surface area contributed by atoms with E-state index in [4.69, 9.17) is 9.47 Å². The summed E-state index contributed by atoms with van der Waals surface area (Å²) in [5.74, 6) is 0.332. The Balaban J connectivity index is 1.79. The van der Waals surface area contributed by atoms with Crippen molar-refractivity contribution in [2.75, 3.05) is 20.2 Å². The lowest BCUT2D eigenvalue weighted by molar-refractivity contribution is -0.110. The molecular formula is C20H27N3O5. The van der Waals surface area contributed by atoms with Gasteiger partial charge in [0.25, 0.3) is 0 Å². The number of fused-ring (bicyclic) bond motifs is 1. The summed E-state index contributed by atoms with van der Waals surface area (Å²) >= 11 is 0. The van der Waals surface area contributed by atoms with Crippen LogP contribution in [0.2, 0.25) is 0 Å². The number of aliphatic hydroxyl groups excluding tert-OH is 1. The molecule has 0 aliphatic carbocycles. The first-order valence-corrected chi connectivity index (χ1v) is 9.31. The second-order valence-electron chi connectivity index (χ2n) is 8.10. The molecule has 0 spiro atoms. The molecule has 1 aromatic heterocycles. The Bertz CT molecular complexity index is 857. The molecule has 1 aliphatic heterocycles. The SMILES string of the molecule is COc1cnc2cccc(C(O)C3(O)CCN(C(=O)OC(C)(C)C)CC3)c2n1. The van der Waals surface area contributed by atoms with E-state index in [1.54, 1.807) is 23.1 Å². The van der Waals surface area contributed by atoms with Crippen LogP contribution in [0.1, 0.15) is 45.3 Å². The van der Waals surface area contributed by atoms with Crippen molar-refractivity contribution in [1.82, 2.24) is 14.9 Å². The predicted molar refractivity (Wildman–Crippen MR) is 103 cm³/mol. The first-order valence-electron chi connectivity index (χ1n) is 9.31. The largest absolute Gasteiger partial charge is 0.480 e. The van der Waals surface area contributed by atoms with E-state index >= 15 is 0 Å². The normalized spacial score (nSPS) is 18.0. The van der Waals surface area contributed by atoms with Crippen molar-refractivity contribution in [3.63, 3.8) is 0 Å². The number of para-hydroxylation sites is 1. The third-order valence-corrected chi connectivity index (χ3v) is 4.88. The van der Waals surface area contributed by atoms with Gasteiger partial charge >= 0.3 is 6.09 Å². The van der Waals surface area contributed by atoms with Crippen LogP contribution in [0, 0.1) is 0 Å². The fraction of sp³-hybridized carbons (Fsp3) is 0.550. The smallest absolute Gasteiger partial charge is 0.410 e. The number of benzene rings is 1. The molecule has 1 amide bonds. The Kier molecular flexibility index (Phi) is 5.45. The van der Waals surface area contributed by atoms with Crippen molar-refractivity contribution < 1.29 is 24.5 Å². The van der Waals surface area contributed by atoms with E-state index in [0.717, 1.165) is 0 Å². The van der Waals surface area contributed by atoms with Gasteiger partial charge in [0.1, 0.15) is 11.7 Å². The molecule has 8 heteroatoms. The highest BCUT2D eigenvalue weighted by molar-refractivity contribution is 5.78. The summed E-state index contributed by atoms with van der Waals surface area (Å²) in [6.07, 6.45) is 0.373. The molecule has 2 aromatic rings. The monoisotopic (exact) mass is 389 g/mol. The number of aromatic nitrogens is 2. The predicted octanol–water partition coefficient (Wildman–Crippen LogP) is 2.43. The van der Waals surface area contributed by atoms with Crippen molar-refractivity contribution in [2.45, 2.75) is 50.9 Å². The van der Waals surface area contributed by atoms with Crippen molar-refractivity contribution in [3.8, 4) is 5.88 Å². The van der Waals surface area contributed by atoms with Crippen LogP contribution in [0.25, 0.3) is 11.0 Å². The topological polar surface area (TPSA) is 105 Å². The summed E-state index contributed by atoms with van der Waals surface area (Å²) in [7, 11) is 1.49. The first kappa shape index (κ1) is 20.3. The van der Waals surface area contributed by atoms with Gasteiger partial charge < -0.3 is 24.6 Å². The van der Waals surface area contributed by atoms with Gasteiger partial charge in [-0.1, -0.05) is 12.1 Å². The molecule has 1 fully saturated rings. The van der Waals surface area contributed by atoms with Crippen LogP contribution >= 0.6 is 0 Å². The van der Waals surface area contributed by atoms with E-state index in [-0.39, 0.29) is 12.8 Å². The van der Waals surface area contributed by atoms with Crippen molar-refractivity contribution in [1.29, 1.82) is 0 Å². The number of carbonyl (C=O) groups excluding carboxylic acids is 1. The highest BCUT2D eigenvalue weighted by Gasteiger charge is 2.42. The van der Waals surface area contributed by atoms with Gasteiger partial charge in [-0.05, 0) is 39.7 Å². The zero-order valence-corrected chi connectivity index (χ0v) is 16.7. The van der Waals surface area contributed by atoms with Gasteiger partial charge in [0.05, 0.1) is 29.9 Å². The van der Waals surface area contributed by atoms with Crippen LogP contribution in [0.15, 0.2) is 24.4 Å². The average Bonchev–Trinajstić information content (AvgIpc) is 2.65. The molecule has 0 radical (unpaired) electrons. The Hall–Kier alpha value is -2.45. The maximum Gasteiger partial charge on any atom is 0.410 e. The quantitative estimate of drug-likeness (QED) is 0.830. The number of hydrogen-bond donors (Lipinski definition) is 2. The molecule has 0 bridgehead atoms. The highest BCUT2D eigenvalue weighted by Crippen LogP contribution is 2.37. The number of amides is 1. The third kappa shape index (κ3) is 4.18. The molecule has 0 saturated carbocycles. The van der Waals surface area contributed by atoms with E-state index in [1.165, 1.54) is 13.3 Å². The molecule has 1 aromatic carbocycles. The molecule has 3 rings (SSSR count). The lowest BCUT2D eigenvalue weighted by atomic mass is 9.82. The van der Waals surface area contributed by atoms with Crippen LogP contribution in [-0.2, 0) is 4.74 Å². The standard InChI is InChI=1S/C20H27N3O5/c1-19(2,3)28-18(25)23-10-8-20(26,9-11-23)17(24)13-6-5-7-14-16(13)22-15(27-4)12-21-14/h5-7,12,17,24,26H,8-11H2,1-4H3. The number of aliphatic hydroxyl groups is 2. The van der Waals surface area contributed by atoms with Crippen molar-refractivity contribution in [2.24, 2.45) is 0 Å². The van der Waals surface area contributed by atoms with Crippen molar-refractivity contribution >= 4 is 17.1 Å². The molecule has 152 valence electrons. The van der Waals surface area contributed by atoms with E-state index in [0.29, 0.717) is 35.6 Å². The number of nitrogens with zero attached hydrogens (tertiary/aromatic N) is 3. The lowest BCUT2D eigenvalue weighted by Crippen LogP contribution is -2.50. The molecular weight excluding hydrogens is 362 g/mol. The third-order valence-electron chi connectivity index (χ3n) is 4.88. The van der Waals surface area contributed by atoms with Crippen LogP contribution in [0.3, 0.4) is 0 Å². The van der Waals surface area contributed by atoms with E-state index in [2.05, 4.69) is 9.97 Å². The number of rotatable bonds is 3. The average molecular weight is 389 g/mol.